The predicted octanol–water partition coefficient (Wildman–Crippen LogP) is 5.16. The number of benzene rings is 2. The maximum Gasteiger partial charge on any atom is 0.246 e. The molecule has 0 aliphatic rings. The number of aromatic nitrogens is 4. The average Bonchev–Trinajstić information content (AvgIpc) is 3.35. The fourth-order valence-electron chi connectivity index (χ4n) is 4.26. The summed E-state index contributed by atoms with van der Waals surface area (Å²) in [5.41, 5.74) is 3.66. The normalized spacial score (nSPS) is 12.0. The molecule has 39 heavy (non-hydrogen) atoms. The van der Waals surface area contributed by atoms with Crippen molar-refractivity contribution in [2.45, 2.75) is 37.8 Å². The van der Waals surface area contributed by atoms with E-state index >= 15 is 0 Å². The van der Waals surface area contributed by atoms with Crippen molar-refractivity contribution in [1.29, 1.82) is 0 Å². The van der Waals surface area contributed by atoms with Crippen molar-refractivity contribution >= 4 is 21.4 Å². The Hall–Kier alpha value is -4.28. The summed E-state index contributed by atoms with van der Waals surface area (Å²) in [7, 11) is -2.55. The minimum Gasteiger partial charge on any atom is -0.480 e. The second kappa shape index (κ2) is 10.5. The maximum absolute atomic E-state index is 13.2. The number of nitrogens with one attached hydrogen (secondary N) is 2. The molecule has 0 amide bonds. The third-order valence-corrected chi connectivity index (χ3v) is 7.65. The second-order valence-corrected chi connectivity index (χ2v) is 11.7. The molecule has 0 fully saturated rings. The van der Waals surface area contributed by atoms with Crippen molar-refractivity contribution in [2.75, 3.05) is 12.4 Å². The molecule has 0 radical (unpaired) electrons. The number of pyridine rings is 1. The van der Waals surface area contributed by atoms with E-state index in [2.05, 4.69) is 15.0 Å². The van der Waals surface area contributed by atoms with Crippen LogP contribution in [-0.4, -0.2) is 40.6 Å². The molecule has 0 bridgehead atoms. The summed E-state index contributed by atoms with van der Waals surface area (Å²) in [5, 5.41) is 8.19. The molecule has 9 nitrogen and oxygen atoms in total. The van der Waals surface area contributed by atoms with E-state index in [9.17, 15) is 8.42 Å². The molecule has 200 valence electrons. The molecule has 5 aromatic rings. The highest BCUT2D eigenvalue weighted by Crippen LogP contribution is 2.32. The second-order valence-electron chi connectivity index (χ2n) is 10.1. The lowest BCUT2D eigenvalue weighted by atomic mass is 10.1. The maximum atomic E-state index is 13.2. The molecule has 0 atom stereocenters. The summed E-state index contributed by atoms with van der Waals surface area (Å²) in [6.45, 7) is 5.85. The Morgan fingerprint density at radius 3 is 2.31 bits per heavy atom. The molecule has 0 aliphatic carbocycles. The quantitative estimate of drug-likeness (QED) is 0.279. The van der Waals surface area contributed by atoms with E-state index in [4.69, 9.17) is 14.8 Å². The predicted molar refractivity (Wildman–Crippen MR) is 152 cm³/mol. The standard InChI is InChI=1S/C29H30N6O3S/c1-29(2,3)34-39(36,37)24-17-22(19-31-28(24)38-4)26-32-27(30-18-20-11-7-5-8-12-20)25-23(15-16-35(25)33-26)21-13-9-6-10-14-21/h5-17,19,34H,18H2,1-4H3,(H,30,32,33). The third-order valence-electron chi connectivity index (χ3n) is 5.90. The number of anilines is 1. The van der Waals surface area contributed by atoms with Gasteiger partial charge in [-0.25, -0.2) is 27.6 Å². The fourth-order valence-corrected chi connectivity index (χ4v) is 5.82. The van der Waals surface area contributed by atoms with Crippen molar-refractivity contribution in [3.8, 4) is 28.4 Å². The highest BCUT2D eigenvalue weighted by atomic mass is 32.2. The lowest BCUT2D eigenvalue weighted by Crippen LogP contribution is -2.40. The Morgan fingerprint density at radius 1 is 0.949 bits per heavy atom. The summed E-state index contributed by atoms with van der Waals surface area (Å²) in [4.78, 5) is 9.05. The topological polar surface area (TPSA) is 111 Å². The molecule has 0 aliphatic heterocycles. The van der Waals surface area contributed by atoms with E-state index in [0.717, 1.165) is 22.2 Å². The Balaban J connectivity index is 1.64. The SMILES string of the molecule is COc1ncc(-c2nc(NCc3ccccc3)c3c(-c4ccccc4)ccn3n2)cc1S(=O)(=O)NC(C)(C)C. The summed E-state index contributed by atoms with van der Waals surface area (Å²) < 4.78 is 36.1. The number of fused-ring (bicyclic) bond motifs is 1. The average molecular weight is 543 g/mol. The molecule has 0 saturated heterocycles. The van der Waals surface area contributed by atoms with Crippen molar-refractivity contribution in [2.24, 2.45) is 0 Å². The van der Waals surface area contributed by atoms with Gasteiger partial charge in [-0.05, 0) is 44.0 Å². The van der Waals surface area contributed by atoms with Crippen LogP contribution in [0.1, 0.15) is 26.3 Å². The van der Waals surface area contributed by atoms with Gasteiger partial charge in [0.15, 0.2) is 11.6 Å². The molecule has 5 rings (SSSR count). The van der Waals surface area contributed by atoms with Gasteiger partial charge in [0.2, 0.25) is 15.9 Å². The highest BCUT2D eigenvalue weighted by molar-refractivity contribution is 7.89. The zero-order chi connectivity index (χ0) is 27.6. The summed E-state index contributed by atoms with van der Waals surface area (Å²) >= 11 is 0. The first-order valence-electron chi connectivity index (χ1n) is 12.5. The molecule has 0 saturated carbocycles. The van der Waals surface area contributed by atoms with Crippen LogP contribution in [-0.2, 0) is 16.6 Å². The van der Waals surface area contributed by atoms with Crippen molar-refractivity contribution in [3.05, 3.63) is 90.8 Å². The van der Waals surface area contributed by atoms with Crippen molar-refractivity contribution in [3.63, 3.8) is 0 Å². The van der Waals surface area contributed by atoms with Crippen LogP contribution in [0.2, 0.25) is 0 Å². The van der Waals surface area contributed by atoms with Crippen LogP contribution in [0.4, 0.5) is 5.82 Å². The zero-order valence-corrected chi connectivity index (χ0v) is 23.0. The van der Waals surface area contributed by atoms with Gasteiger partial charge in [0, 0.05) is 35.6 Å². The van der Waals surface area contributed by atoms with E-state index in [1.54, 1.807) is 25.3 Å². The minimum absolute atomic E-state index is 0.00803. The number of nitrogens with zero attached hydrogens (tertiary/aromatic N) is 4. The highest BCUT2D eigenvalue weighted by Gasteiger charge is 2.27. The van der Waals surface area contributed by atoms with Gasteiger partial charge in [0.25, 0.3) is 0 Å². The molecule has 3 heterocycles. The first-order chi connectivity index (χ1) is 18.6. The molecule has 10 heteroatoms. The monoisotopic (exact) mass is 542 g/mol. The van der Waals surface area contributed by atoms with Crippen molar-refractivity contribution < 1.29 is 13.2 Å². The van der Waals surface area contributed by atoms with Gasteiger partial charge in [0.1, 0.15) is 10.4 Å². The van der Waals surface area contributed by atoms with E-state index in [-0.39, 0.29) is 10.8 Å². The van der Waals surface area contributed by atoms with Crippen LogP contribution in [0.25, 0.3) is 28.0 Å². The number of hydrogen-bond acceptors (Lipinski definition) is 7. The Kier molecular flexibility index (Phi) is 7.07. The van der Waals surface area contributed by atoms with E-state index < -0.39 is 15.6 Å². The Bertz CT molecular complexity index is 1710. The number of rotatable bonds is 8. The molecule has 2 N–H and O–H groups in total. The van der Waals surface area contributed by atoms with Gasteiger partial charge in [-0.2, -0.15) is 0 Å². The van der Waals surface area contributed by atoms with Gasteiger partial charge in [-0.15, -0.1) is 5.10 Å². The molecule has 2 aromatic carbocycles. The van der Waals surface area contributed by atoms with Crippen LogP contribution in [0.5, 0.6) is 5.88 Å². The van der Waals surface area contributed by atoms with E-state index in [1.165, 1.54) is 19.4 Å². The van der Waals surface area contributed by atoms with Crippen LogP contribution in [0, 0.1) is 0 Å². The molecule has 3 aromatic heterocycles. The lowest BCUT2D eigenvalue weighted by Gasteiger charge is -2.21. The van der Waals surface area contributed by atoms with Gasteiger partial charge >= 0.3 is 0 Å². The van der Waals surface area contributed by atoms with E-state index in [1.807, 2.05) is 72.9 Å². The smallest absolute Gasteiger partial charge is 0.246 e. The first-order valence-corrected chi connectivity index (χ1v) is 13.9. The number of methoxy groups -OCH3 is 1. The van der Waals surface area contributed by atoms with Crippen LogP contribution in [0.3, 0.4) is 0 Å². The molecule has 0 spiro atoms. The zero-order valence-electron chi connectivity index (χ0n) is 22.2. The molecular formula is C29H30N6O3S. The lowest BCUT2D eigenvalue weighted by molar-refractivity contribution is 0.384. The third kappa shape index (κ3) is 5.76. The molecule has 0 unspecified atom stereocenters. The number of sulfonamides is 1. The summed E-state index contributed by atoms with van der Waals surface area (Å²) in [6, 6.07) is 23.5. The first kappa shape index (κ1) is 26.3. The van der Waals surface area contributed by atoms with Crippen molar-refractivity contribution in [1.82, 2.24) is 24.3 Å². The largest absolute Gasteiger partial charge is 0.480 e. The summed E-state index contributed by atoms with van der Waals surface area (Å²) in [6.07, 6.45) is 3.38. The van der Waals surface area contributed by atoms with Crippen LogP contribution < -0.4 is 14.8 Å². The van der Waals surface area contributed by atoms with Crippen LogP contribution >= 0.6 is 0 Å². The molecular weight excluding hydrogens is 512 g/mol. The number of ether oxygens (including phenoxy) is 1. The van der Waals surface area contributed by atoms with Crippen LogP contribution in [0.15, 0.2) is 90.1 Å². The fraction of sp³-hybridized carbons (Fsp3) is 0.207. The van der Waals surface area contributed by atoms with Gasteiger partial charge in [-0.3, -0.25) is 0 Å². The van der Waals surface area contributed by atoms with Gasteiger partial charge < -0.3 is 10.1 Å². The Morgan fingerprint density at radius 2 is 1.64 bits per heavy atom. The minimum atomic E-state index is -3.94. The summed E-state index contributed by atoms with van der Waals surface area (Å²) in [5.74, 6) is 0.919. The van der Waals surface area contributed by atoms with Gasteiger partial charge in [-0.1, -0.05) is 60.7 Å². The number of hydrogen-bond donors (Lipinski definition) is 2. The Labute approximate surface area is 228 Å². The van der Waals surface area contributed by atoms with E-state index in [0.29, 0.717) is 23.8 Å². The van der Waals surface area contributed by atoms with Gasteiger partial charge in [0.05, 0.1) is 7.11 Å².